The predicted molar refractivity (Wildman–Crippen MR) is 148 cm³/mol. The highest BCUT2D eigenvalue weighted by Gasteiger charge is 2.34. The molecule has 0 radical (unpaired) electrons. The fourth-order valence-corrected chi connectivity index (χ4v) is 5.76. The zero-order valence-corrected chi connectivity index (χ0v) is 20.9. The van der Waals surface area contributed by atoms with Crippen LogP contribution in [-0.2, 0) is 13.1 Å². The Hall–Kier alpha value is -2.88. The van der Waals surface area contributed by atoms with E-state index in [1.165, 1.54) is 38.2 Å². The zero-order chi connectivity index (χ0) is 23.8. The summed E-state index contributed by atoms with van der Waals surface area (Å²) < 4.78 is 0. The lowest BCUT2D eigenvalue weighted by atomic mass is 10.0. The Bertz CT molecular complexity index is 1410. The van der Waals surface area contributed by atoms with Crippen LogP contribution < -0.4 is 0 Å². The molecular formula is C31H26Cl2N2. The molecule has 0 aliphatic carbocycles. The van der Waals surface area contributed by atoms with E-state index in [0.717, 1.165) is 26.2 Å². The van der Waals surface area contributed by atoms with Crippen molar-refractivity contribution < 1.29 is 0 Å². The lowest BCUT2D eigenvalue weighted by Crippen LogP contribution is -2.30. The smallest absolute Gasteiger partial charge is 0.0893 e. The van der Waals surface area contributed by atoms with E-state index in [9.17, 15) is 0 Å². The van der Waals surface area contributed by atoms with E-state index in [0.29, 0.717) is 10.0 Å². The molecule has 1 heterocycles. The Balaban J connectivity index is 1.38. The first-order valence-electron chi connectivity index (χ1n) is 12.0. The summed E-state index contributed by atoms with van der Waals surface area (Å²) >= 11 is 12.8. The van der Waals surface area contributed by atoms with Crippen molar-refractivity contribution in [2.24, 2.45) is 0 Å². The number of halogens is 2. The molecule has 0 spiro atoms. The molecule has 0 atom stereocenters. The van der Waals surface area contributed by atoms with Gasteiger partial charge in [0.15, 0.2) is 0 Å². The minimum atomic E-state index is 0.114. The molecule has 1 saturated heterocycles. The molecule has 5 aromatic carbocycles. The third-order valence-electron chi connectivity index (χ3n) is 7.11. The fraction of sp³-hybridized carbons (Fsp3) is 0.161. The highest BCUT2D eigenvalue weighted by Crippen LogP contribution is 2.37. The van der Waals surface area contributed by atoms with Crippen molar-refractivity contribution in [2.45, 2.75) is 19.3 Å². The summed E-state index contributed by atoms with van der Waals surface area (Å²) in [5.74, 6) is 0. The molecule has 4 heteroatoms. The number of rotatable bonds is 5. The summed E-state index contributed by atoms with van der Waals surface area (Å²) in [6.45, 7) is 3.72. The largest absolute Gasteiger partial charge is 0.278 e. The van der Waals surface area contributed by atoms with Gasteiger partial charge in [-0.15, -0.1) is 0 Å². The van der Waals surface area contributed by atoms with Crippen LogP contribution in [0.2, 0.25) is 10.0 Å². The molecule has 5 aromatic rings. The first-order chi connectivity index (χ1) is 17.2. The second-order valence-corrected chi connectivity index (χ2v) is 10.1. The number of benzene rings is 5. The summed E-state index contributed by atoms with van der Waals surface area (Å²) in [5, 5.41) is 6.39. The second-order valence-electron chi connectivity index (χ2n) is 9.26. The predicted octanol–water partition coefficient (Wildman–Crippen LogP) is 8.32. The Morgan fingerprint density at radius 1 is 0.571 bits per heavy atom. The van der Waals surface area contributed by atoms with Crippen LogP contribution in [-0.4, -0.2) is 22.9 Å². The van der Waals surface area contributed by atoms with E-state index in [1.54, 1.807) is 0 Å². The average molecular weight is 497 g/mol. The molecule has 0 unspecified atom stereocenters. The summed E-state index contributed by atoms with van der Waals surface area (Å²) in [6, 6.07) is 36.6. The molecular weight excluding hydrogens is 471 g/mol. The van der Waals surface area contributed by atoms with Gasteiger partial charge in [-0.05, 0) is 50.4 Å². The quantitative estimate of drug-likeness (QED) is 0.241. The molecule has 0 bridgehead atoms. The van der Waals surface area contributed by atoms with Gasteiger partial charge in [-0.1, -0.05) is 114 Å². The van der Waals surface area contributed by atoms with Gasteiger partial charge in [0.25, 0.3) is 0 Å². The molecule has 0 N–H and O–H groups in total. The van der Waals surface area contributed by atoms with Crippen LogP contribution in [0.15, 0.2) is 103 Å². The van der Waals surface area contributed by atoms with Gasteiger partial charge in [0.05, 0.1) is 16.2 Å². The first-order valence-corrected chi connectivity index (χ1v) is 12.8. The minimum Gasteiger partial charge on any atom is -0.278 e. The number of fused-ring (bicyclic) bond motifs is 2. The molecule has 0 saturated carbocycles. The Morgan fingerprint density at radius 3 is 1.63 bits per heavy atom. The standard InChI is InChI=1S/C31H26Cl2N2/c32-29-16-15-24(19-30(29)33)31-34(20-25-11-5-9-22-7-1-3-13-27(22)25)17-18-35(31)21-26-12-6-10-23-8-2-4-14-28(23)26/h1-16,19,31H,17-18,20-21H2. The van der Waals surface area contributed by atoms with E-state index in [2.05, 4.69) is 101 Å². The average Bonchev–Trinajstić information content (AvgIpc) is 3.28. The second kappa shape index (κ2) is 9.64. The van der Waals surface area contributed by atoms with Crippen molar-refractivity contribution in [3.05, 3.63) is 130 Å². The maximum Gasteiger partial charge on any atom is 0.0893 e. The van der Waals surface area contributed by atoms with Crippen molar-refractivity contribution in [1.29, 1.82) is 0 Å². The Kier molecular flexibility index (Phi) is 6.22. The van der Waals surface area contributed by atoms with Crippen LogP contribution in [0.4, 0.5) is 0 Å². The maximum atomic E-state index is 6.50. The first kappa shape index (κ1) is 22.6. The summed E-state index contributed by atoms with van der Waals surface area (Å²) in [5.41, 5.74) is 3.87. The molecule has 0 amide bonds. The third kappa shape index (κ3) is 4.44. The molecule has 35 heavy (non-hydrogen) atoms. The van der Waals surface area contributed by atoms with Crippen LogP contribution in [0.1, 0.15) is 22.9 Å². The van der Waals surface area contributed by atoms with Gasteiger partial charge < -0.3 is 0 Å². The van der Waals surface area contributed by atoms with Crippen molar-refractivity contribution in [3.63, 3.8) is 0 Å². The van der Waals surface area contributed by atoms with Crippen LogP contribution in [0.25, 0.3) is 21.5 Å². The van der Waals surface area contributed by atoms with Crippen molar-refractivity contribution in [3.8, 4) is 0 Å². The van der Waals surface area contributed by atoms with E-state index in [4.69, 9.17) is 23.2 Å². The number of hydrogen-bond donors (Lipinski definition) is 0. The van der Waals surface area contributed by atoms with Gasteiger partial charge >= 0.3 is 0 Å². The Labute approximate surface area is 216 Å². The Morgan fingerprint density at radius 2 is 1.09 bits per heavy atom. The van der Waals surface area contributed by atoms with Gasteiger partial charge in [-0.2, -0.15) is 0 Å². The minimum absolute atomic E-state index is 0.114. The van der Waals surface area contributed by atoms with Crippen LogP contribution in [0.3, 0.4) is 0 Å². The lowest BCUT2D eigenvalue weighted by molar-refractivity contribution is 0.126. The van der Waals surface area contributed by atoms with Crippen LogP contribution in [0, 0.1) is 0 Å². The topological polar surface area (TPSA) is 6.48 Å². The molecule has 1 aliphatic heterocycles. The van der Waals surface area contributed by atoms with Crippen LogP contribution >= 0.6 is 23.2 Å². The third-order valence-corrected chi connectivity index (χ3v) is 7.85. The highest BCUT2D eigenvalue weighted by atomic mass is 35.5. The van der Waals surface area contributed by atoms with Crippen molar-refractivity contribution in [1.82, 2.24) is 9.80 Å². The zero-order valence-electron chi connectivity index (χ0n) is 19.4. The summed E-state index contributed by atoms with van der Waals surface area (Å²) in [6.07, 6.45) is 0.114. The lowest BCUT2D eigenvalue weighted by Gasteiger charge is -2.31. The van der Waals surface area contributed by atoms with Gasteiger partial charge in [-0.25, -0.2) is 0 Å². The van der Waals surface area contributed by atoms with Gasteiger partial charge in [0.2, 0.25) is 0 Å². The van der Waals surface area contributed by atoms with Gasteiger partial charge in [0.1, 0.15) is 0 Å². The summed E-state index contributed by atoms with van der Waals surface area (Å²) in [4.78, 5) is 5.12. The van der Waals surface area contributed by atoms with E-state index < -0.39 is 0 Å². The normalized spacial score (nSPS) is 15.4. The highest BCUT2D eigenvalue weighted by molar-refractivity contribution is 6.42. The van der Waals surface area contributed by atoms with Crippen molar-refractivity contribution >= 4 is 44.7 Å². The monoisotopic (exact) mass is 496 g/mol. The molecule has 1 aliphatic rings. The molecule has 1 fully saturated rings. The van der Waals surface area contributed by atoms with E-state index in [1.807, 2.05) is 12.1 Å². The molecule has 2 nitrogen and oxygen atoms in total. The van der Waals surface area contributed by atoms with Gasteiger partial charge in [-0.3, -0.25) is 9.80 Å². The molecule has 6 rings (SSSR count). The van der Waals surface area contributed by atoms with Crippen LogP contribution in [0.5, 0.6) is 0 Å². The van der Waals surface area contributed by atoms with E-state index >= 15 is 0 Å². The number of hydrogen-bond acceptors (Lipinski definition) is 2. The number of nitrogens with zero attached hydrogens (tertiary/aromatic N) is 2. The summed E-state index contributed by atoms with van der Waals surface area (Å²) in [7, 11) is 0. The van der Waals surface area contributed by atoms with E-state index in [-0.39, 0.29) is 6.17 Å². The molecule has 174 valence electrons. The fourth-order valence-electron chi connectivity index (χ4n) is 5.46. The van der Waals surface area contributed by atoms with Crippen molar-refractivity contribution in [2.75, 3.05) is 13.1 Å². The SMILES string of the molecule is Clc1ccc(C2N(Cc3cccc4ccccc34)CCN2Cc2cccc3ccccc23)cc1Cl. The molecule has 0 aromatic heterocycles. The van der Waals surface area contributed by atoms with Gasteiger partial charge in [0, 0.05) is 26.2 Å². The maximum absolute atomic E-state index is 6.50.